The minimum atomic E-state index is -0.0842. The number of hydrogen-bond acceptors (Lipinski definition) is 4. The van der Waals surface area contributed by atoms with Crippen molar-refractivity contribution >= 4 is 6.03 Å². The van der Waals surface area contributed by atoms with Crippen LogP contribution in [0.25, 0.3) is 0 Å². The summed E-state index contributed by atoms with van der Waals surface area (Å²) in [5, 5.41) is 14.8. The molecule has 25 heavy (non-hydrogen) atoms. The summed E-state index contributed by atoms with van der Waals surface area (Å²) in [5.74, 6) is 2.55. The molecular formula is C18H29N5O2. The Morgan fingerprint density at radius 3 is 3.08 bits per heavy atom. The highest BCUT2D eigenvalue weighted by molar-refractivity contribution is 5.74. The average molecular weight is 347 g/mol. The molecule has 1 aromatic heterocycles. The zero-order valence-electron chi connectivity index (χ0n) is 15.3. The van der Waals surface area contributed by atoms with Crippen LogP contribution in [0.5, 0.6) is 0 Å². The molecule has 2 aliphatic heterocycles. The maximum absolute atomic E-state index is 12.3. The van der Waals surface area contributed by atoms with Crippen molar-refractivity contribution in [2.75, 3.05) is 13.2 Å². The Hall–Kier alpha value is -1.63. The second-order valence-corrected chi connectivity index (χ2v) is 8.19. The number of nitrogens with one attached hydrogen (secondary N) is 2. The largest absolute Gasteiger partial charge is 0.377 e. The Kier molecular flexibility index (Phi) is 4.43. The molecule has 1 aromatic rings. The van der Waals surface area contributed by atoms with E-state index in [9.17, 15) is 4.79 Å². The predicted molar refractivity (Wildman–Crippen MR) is 93.2 cm³/mol. The molecule has 0 spiro atoms. The van der Waals surface area contributed by atoms with Crippen LogP contribution in [0.1, 0.15) is 51.2 Å². The van der Waals surface area contributed by atoms with Crippen LogP contribution in [-0.4, -0.2) is 46.1 Å². The summed E-state index contributed by atoms with van der Waals surface area (Å²) in [5.41, 5.74) is 0.0167. The highest BCUT2D eigenvalue weighted by atomic mass is 16.5. The minimum Gasteiger partial charge on any atom is -0.377 e. The third-order valence-corrected chi connectivity index (χ3v) is 6.21. The maximum atomic E-state index is 12.3. The highest BCUT2D eigenvalue weighted by Gasteiger charge is 2.59. The zero-order chi connectivity index (χ0) is 17.4. The number of aryl methyl sites for hydroxylation is 1. The number of rotatable bonds is 4. The van der Waals surface area contributed by atoms with Crippen molar-refractivity contribution in [1.82, 2.24) is 25.4 Å². The van der Waals surface area contributed by atoms with Gasteiger partial charge in [-0.05, 0) is 19.3 Å². The number of urea groups is 1. The third-order valence-electron chi connectivity index (χ3n) is 6.21. The lowest BCUT2D eigenvalue weighted by Gasteiger charge is -2.54. The molecule has 4 rings (SSSR count). The van der Waals surface area contributed by atoms with Crippen molar-refractivity contribution in [2.24, 2.45) is 11.3 Å². The van der Waals surface area contributed by atoms with Gasteiger partial charge in [0.05, 0.1) is 6.10 Å². The van der Waals surface area contributed by atoms with Gasteiger partial charge in [-0.2, -0.15) is 0 Å². The van der Waals surface area contributed by atoms with Gasteiger partial charge in [0.15, 0.2) is 0 Å². The van der Waals surface area contributed by atoms with Gasteiger partial charge in [-0.3, -0.25) is 0 Å². The number of amides is 2. The van der Waals surface area contributed by atoms with E-state index in [1.54, 1.807) is 0 Å². The molecule has 1 saturated carbocycles. The summed E-state index contributed by atoms with van der Waals surface area (Å²) in [6.07, 6.45) is 6.72. The number of hydrogen-bond donors (Lipinski definition) is 2. The van der Waals surface area contributed by atoms with Crippen LogP contribution in [0.4, 0.5) is 4.79 Å². The van der Waals surface area contributed by atoms with Crippen LogP contribution in [-0.2, 0) is 24.1 Å². The molecule has 2 amide bonds. The van der Waals surface area contributed by atoms with Crippen molar-refractivity contribution in [1.29, 1.82) is 0 Å². The predicted octanol–water partition coefficient (Wildman–Crippen LogP) is 1.66. The number of ether oxygens (including phenoxy) is 1. The van der Waals surface area contributed by atoms with Crippen LogP contribution in [0.2, 0.25) is 0 Å². The number of fused-ring (bicyclic) bond motifs is 2. The molecule has 0 radical (unpaired) electrons. The number of nitrogens with zero attached hydrogens (tertiary/aromatic N) is 3. The minimum absolute atomic E-state index is 0.0167. The Morgan fingerprint density at radius 1 is 1.32 bits per heavy atom. The molecule has 0 aromatic carbocycles. The lowest BCUT2D eigenvalue weighted by molar-refractivity contribution is -0.108. The van der Waals surface area contributed by atoms with Gasteiger partial charge < -0.3 is 19.9 Å². The molecule has 138 valence electrons. The van der Waals surface area contributed by atoms with Gasteiger partial charge in [0, 0.05) is 49.9 Å². The summed E-state index contributed by atoms with van der Waals surface area (Å²) >= 11 is 0. The lowest BCUT2D eigenvalue weighted by atomic mass is 9.57. The Balaban J connectivity index is 1.27. The molecule has 0 bridgehead atoms. The van der Waals surface area contributed by atoms with Gasteiger partial charge in [-0.25, -0.2) is 4.79 Å². The lowest BCUT2D eigenvalue weighted by Crippen LogP contribution is -2.67. The van der Waals surface area contributed by atoms with E-state index in [-0.39, 0.29) is 17.5 Å². The normalized spacial score (nSPS) is 29.9. The Bertz CT molecular complexity index is 641. The quantitative estimate of drug-likeness (QED) is 0.868. The second-order valence-electron chi connectivity index (χ2n) is 8.19. The Labute approximate surface area is 148 Å². The fourth-order valence-corrected chi connectivity index (χ4v) is 4.83. The highest BCUT2D eigenvalue weighted by Crippen LogP contribution is 2.52. The fraction of sp³-hybridized carbons (Fsp3) is 0.833. The zero-order valence-corrected chi connectivity index (χ0v) is 15.3. The van der Waals surface area contributed by atoms with Crippen molar-refractivity contribution in [2.45, 2.75) is 71.1 Å². The topological polar surface area (TPSA) is 81.1 Å². The average Bonchev–Trinajstić information content (AvgIpc) is 3.12. The summed E-state index contributed by atoms with van der Waals surface area (Å²) in [4.78, 5) is 12.3. The van der Waals surface area contributed by atoms with Crippen LogP contribution in [0.3, 0.4) is 0 Å². The smallest absolute Gasteiger partial charge is 0.315 e. The first-order valence-electron chi connectivity index (χ1n) is 9.64. The van der Waals surface area contributed by atoms with Gasteiger partial charge in [0.1, 0.15) is 11.6 Å². The molecule has 0 unspecified atom stereocenters. The van der Waals surface area contributed by atoms with E-state index in [2.05, 4.69) is 39.2 Å². The maximum Gasteiger partial charge on any atom is 0.315 e. The van der Waals surface area contributed by atoms with Crippen molar-refractivity contribution < 1.29 is 9.53 Å². The molecule has 7 nitrogen and oxygen atoms in total. The molecule has 3 atom stereocenters. The van der Waals surface area contributed by atoms with Gasteiger partial charge in [0.25, 0.3) is 0 Å². The third kappa shape index (κ3) is 3.03. The van der Waals surface area contributed by atoms with E-state index in [1.165, 1.54) is 19.3 Å². The summed E-state index contributed by atoms with van der Waals surface area (Å²) in [6, 6.07) is 0.114. The van der Waals surface area contributed by atoms with Crippen LogP contribution in [0.15, 0.2) is 0 Å². The summed E-state index contributed by atoms with van der Waals surface area (Å²) < 4.78 is 8.02. The number of carbonyl (C=O) groups excluding carboxylic acids is 1. The van der Waals surface area contributed by atoms with E-state index < -0.39 is 0 Å². The number of aromatic nitrogens is 3. The van der Waals surface area contributed by atoms with E-state index in [1.807, 2.05) is 0 Å². The monoisotopic (exact) mass is 347 g/mol. The van der Waals surface area contributed by atoms with Crippen LogP contribution in [0, 0.1) is 11.3 Å². The SMILES string of the molecule is CC1(C)[C@H](NC(=O)NCCc2nnc3n2CCCCC3)[C@H]2CCO[C@H]21. The first-order valence-corrected chi connectivity index (χ1v) is 9.64. The van der Waals surface area contributed by atoms with Gasteiger partial charge >= 0.3 is 6.03 Å². The first kappa shape index (κ1) is 16.8. The van der Waals surface area contributed by atoms with Crippen molar-refractivity contribution in [3.63, 3.8) is 0 Å². The van der Waals surface area contributed by atoms with Crippen molar-refractivity contribution in [3.05, 3.63) is 11.6 Å². The van der Waals surface area contributed by atoms with E-state index in [0.29, 0.717) is 18.6 Å². The molecule has 1 saturated heterocycles. The second kappa shape index (κ2) is 6.59. The molecular weight excluding hydrogens is 318 g/mol. The van der Waals surface area contributed by atoms with Gasteiger partial charge in [-0.1, -0.05) is 20.3 Å². The van der Waals surface area contributed by atoms with E-state index in [0.717, 1.165) is 44.1 Å². The van der Waals surface area contributed by atoms with E-state index >= 15 is 0 Å². The first-order chi connectivity index (χ1) is 12.1. The summed E-state index contributed by atoms with van der Waals surface area (Å²) in [7, 11) is 0. The number of carbonyl (C=O) groups is 1. The fourth-order valence-electron chi connectivity index (χ4n) is 4.83. The molecule has 3 aliphatic rings. The molecule has 7 heteroatoms. The van der Waals surface area contributed by atoms with Crippen LogP contribution >= 0.6 is 0 Å². The molecule has 2 N–H and O–H groups in total. The van der Waals surface area contributed by atoms with Crippen LogP contribution < -0.4 is 10.6 Å². The van der Waals surface area contributed by atoms with Crippen molar-refractivity contribution in [3.8, 4) is 0 Å². The standard InChI is InChI=1S/C18H29N5O2/c1-18(2)15(12-8-11-25-16(12)18)20-17(24)19-9-7-14-22-21-13-6-4-3-5-10-23(13)14/h12,15-16H,3-11H2,1-2H3,(H2,19,20,24)/t12-,15-,16-/m1/s1. The molecule has 3 heterocycles. The molecule has 2 fully saturated rings. The van der Waals surface area contributed by atoms with Gasteiger partial charge in [0.2, 0.25) is 0 Å². The summed E-state index contributed by atoms with van der Waals surface area (Å²) in [6.45, 7) is 6.76. The van der Waals surface area contributed by atoms with Gasteiger partial charge in [-0.15, -0.1) is 10.2 Å². The van der Waals surface area contributed by atoms with E-state index in [4.69, 9.17) is 4.74 Å². The Morgan fingerprint density at radius 2 is 2.20 bits per heavy atom. The molecule has 1 aliphatic carbocycles.